The Hall–Kier alpha value is -1.85. The number of carbonyl (C=O) groups is 1. The molecule has 0 atom stereocenters. The van der Waals surface area contributed by atoms with E-state index in [4.69, 9.17) is 17.0 Å². The molecule has 1 saturated heterocycles. The Balaban J connectivity index is 2.21. The van der Waals surface area contributed by atoms with Gasteiger partial charge in [-0.2, -0.15) is 0 Å². The maximum absolute atomic E-state index is 11.8. The number of benzene rings is 2. The van der Waals surface area contributed by atoms with Crippen molar-refractivity contribution in [2.45, 2.75) is 0 Å². The lowest BCUT2D eigenvalue weighted by Crippen LogP contribution is -2.17. The molecule has 0 bridgehead atoms. The summed E-state index contributed by atoms with van der Waals surface area (Å²) in [4.78, 5) is 12.4. The van der Waals surface area contributed by atoms with E-state index in [9.17, 15) is 4.79 Å². The molecule has 1 heterocycles. The zero-order valence-electron chi connectivity index (χ0n) is 10.7. The Morgan fingerprint density at radius 3 is 2.75 bits per heavy atom. The van der Waals surface area contributed by atoms with Crippen LogP contribution in [0.5, 0.6) is 5.75 Å². The van der Waals surface area contributed by atoms with Gasteiger partial charge in [-0.15, -0.1) is 0 Å². The van der Waals surface area contributed by atoms with Crippen LogP contribution in [-0.4, -0.2) is 17.3 Å². The lowest BCUT2D eigenvalue weighted by Gasteiger charge is -2.09. The number of methoxy groups -OCH3 is 1. The minimum absolute atomic E-state index is 0.157. The number of carbonyl (C=O) groups excluding carboxylic acids is 1. The van der Waals surface area contributed by atoms with Gasteiger partial charge in [0.1, 0.15) is 10.1 Å². The lowest BCUT2D eigenvalue weighted by atomic mass is 10.0. The zero-order valence-corrected chi connectivity index (χ0v) is 12.3. The summed E-state index contributed by atoms with van der Waals surface area (Å²) in [5.41, 5.74) is 0.896. The van der Waals surface area contributed by atoms with Crippen LogP contribution in [0.2, 0.25) is 0 Å². The summed E-state index contributed by atoms with van der Waals surface area (Å²) in [6.07, 6.45) is 1.83. The van der Waals surface area contributed by atoms with Crippen LogP contribution in [0.15, 0.2) is 41.3 Å². The second-order valence-corrected chi connectivity index (χ2v) is 5.97. The Morgan fingerprint density at radius 2 is 2.05 bits per heavy atom. The molecular weight excluding hydrogens is 290 g/mol. The summed E-state index contributed by atoms with van der Waals surface area (Å²) in [5, 5.41) is 4.77. The first-order valence-corrected chi connectivity index (χ1v) is 7.22. The molecule has 100 valence electrons. The highest BCUT2D eigenvalue weighted by Gasteiger charge is 2.23. The van der Waals surface area contributed by atoms with Gasteiger partial charge in [-0.25, -0.2) is 0 Å². The first-order valence-electron chi connectivity index (χ1n) is 5.99. The third-order valence-electron chi connectivity index (χ3n) is 3.07. The van der Waals surface area contributed by atoms with E-state index in [2.05, 4.69) is 5.32 Å². The van der Waals surface area contributed by atoms with Crippen LogP contribution in [0, 0.1) is 0 Å². The van der Waals surface area contributed by atoms with Gasteiger partial charge in [0, 0.05) is 5.56 Å². The fourth-order valence-corrected chi connectivity index (χ4v) is 3.18. The van der Waals surface area contributed by atoms with E-state index in [-0.39, 0.29) is 5.91 Å². The molecule has 20 heavy (non-hydrogen) atoms. The summed E-state index contributed by atoms with van der Waals surface area (Å²) in [6.45, 7) is 0. The predicted molar refractivity (Wildman–Crippen MR) is 86.8 cm³/mol. The molecule has 5 heteroatoms. The van der Waals surface area contributed by atoms with Crippen molar-refractivity contribution in [1.29, 1.82) is 0 Å². The normalized spacial score (nSPS) is 16.8. The first kappa shape index (κ1) is 13.1. The minimum atomic E-state index is -0.157. The van der Waals surface area contributed by atoms with Gasteiger partial charge < -0.3 is 10.1 Å². The number of ether oxygens (including phenoxy) is 1. The molecule has 0 radical (unpaired) electrons. The Bertz CT molecular complexity index is 753. The second kappa shape index (κ2) is 5.26. The molecule has 3 rings (SSSR count). The quantitative estimate of drug-likeness (QED) is 0.682. The highest BCUT2D eigenvalue weighted by atomic mass is 32.2. The molecule has 2 aromatic carbocycles. The molecular formula is C15H11NO2S2. The molecule has 0 aliphatic carbocycles. The molecule has 0 aromatic heterocycles. The van der Waals surface area contributed by atoms with Crippen molar-refractivity contribution in [1.82, 2.24) is 5.32 Å². The summed E-state index contributed by atoms with van der Waals surface area (Å²) < 4.78 is 5.89. The van der Waals surface area contributed by atoms with Gasteiger partial charge >= 0.3 is 0 Å². The molecule has 1 aliphatic rings. The fraction of sp³-hybridized carbons (Fsp3) is 0.0667. The number of hydrogen-bond acceptors (Lipinski definition) is 4. The van der Waals surface area contributed by atoms with Gasteiger partial charge in [0.15, 0.2) is 0 Å². The summed E-state index contributed by atoms with van der Waals surface area (Å²) >= 11 is 6.28. The van der Waals surface area contributed by atoms with Gasteiger partial charge in [-0.3, -0.25) is 4.79 Å². The molecule has 1 fully saturated rings. The predicted octanol–water partition coefficient (Wildman–Crippen LogP) is 3.34. The Morgan fingerprint density at radius 1 is 1.25 bits per heavy atom. The SMILES string of the molecule is COc1ccc2ccccc2c1/C=C1/SC(=S)NC1=O. The number of fused-ring (bicyclic) bond motifs is 1. The molecule has 3 nitrogen and oxygen atoms in total. The van der Waals surface area contributed by atoms with Gasteiger partial charge in [-0.05, 0) is 22.9 Å². The highest BCUT2D eigenvalue weighted by Crippen LogP contribution is 2.33. The Labute approximate surface area is 126 Å². The van der Waals surface area contributed by atoms with E-state index >= 15 is 0 Å². The van der Waals surface area contributed by atoms with Crippen molar-refractivity contribution in [3.05, 3.63) is 46.9 Å². The molecule has 0 spiro atoms. The van der Waals surface area contributed by atoms with E-state index < -0.39 is 0 Å². The third kappa shape index (κ3) is 2.30. The molecule has 1 N–H and O–H groups in total. The number of rotatable bonds is 2. The van der Waals surface area contributed by atoms with Crippen molar-refractivity contribution >= 4 is 51.1 Å². The van der Waals surface area contributed by atoms with Crippen LogP contribution in [0.1, 0.15) is 5.56 Å². The van der Waals surface area contributed by atoms with Crippen molar-refractivity contribution in [3.63, 3.8) is 0 Å². The van der Waals surface area contributed by atoms with Crippen LogP contribution < -0.4 is 10.1 Å². The lowest BCUT2D eigenvalue weighted by molar-refractivity contribution is -0.115. The maximum atomic E-state index is 11.8. The average molecular weight is 301 g/mol. The van der Waals surface area contributed by atoms with Crippen molar-refractivity contribution in [2.75, 3.05) is 7.11 Å². The highest BCUT2D eigenvalue weighted by molar-refractivity contribution is 8.26. The monoisotopic (exact) mass is 301 g/mol. The van der Waals surface area contributed by atoms with E-state index in [1.54, 1.807) is 7.11 Å². The molecule has 0 unspecified atom stereocenters. The van der Waals surface area contributed by atoms with E-state index in [0.29, 0.717) is 9.23 Å². The fourth-order valence-electron chi connectivity index (χ4n) is 2.15. The van der Waals surface area contributed by atoms with Crippen LogP contribution in [0.25, 0.3) is 16.8 Å². The van der Waals surface area contributed by atoms with Crippen LogP contribution >= 0.6 is 24.0 Å². The number of thioether (sulfide) groups is 1. The molecule has 0 saturated carbocycles. The van der Waals surface area contributed by atoms with Crippen molar-refractivity contribution in [3.8, 4) is 5.75 Å². The number of nitrogens with one attached hydrogen (secondary N) is 1. The largest absolute Gasteiger partial charge is 0.496 e. The van der Waals surface area contributed by atoms with Crippen LogP contribution in [-0.2, 0) is 4.79 Å². The minimum Gasteiger partial charge on any atom is -0.496 e. The van der Waals surface area contributed by atoms with E-state index in [1.807, 2.05) is 42.5 Å². The van der Waals surface area contributed by atoms with E-state index in [1.165, 1.54) is 11.8 Å². The molecule has 2 aromatic rings. The zero-order chi connectivity index (χ0) is 14.1. The van der Waals surface area contributed by atoms with E-state index in [0.717, 1.165) is 22.1 Å². The first-order chi connectivity index (χ1) is 9.69. The second-order valence-electron chi connectivity index (χ2n) is 4.25. The van der Waals surface area contributed by atoms with Crippen LogP contribution in [0.4, 0.5) is 0 Å². The summed E-state index contributed by atoms with van der Waals surface area (Å²) in [7, 11) is 1.62. The maximum Gasteiger partial charge on any atom is 0.263 e. The summed E-state index contributed by atoms with van der Waals surface area (Å²) in [5.74, 6) is 0.581. The van der Waals surface area contributed by atoms with Gasteiger partial charge in [0.05, 0.1) is 12.0 Å². The third-order valence-corrected chi connectivity index (χ3v) is 4.23. The summed E-state index contributed by atoms with van der Waals surface area (Å²) in [6, 6.07) is 11.9. The van der Waals surface area contributed by atoms with Gasteiger partial charge in [0.25, 0.3) is 5.91 Å². The van der Waals surface area contributed by atoms with Gasteiger partial charge in [0.2, 0.25) is 0 Å². The number of amides is 1. The number of hydrogen-bond donors (Lipinski definition) is 1. The average Bonchev–Trinajstić information content (AvgIpc) is 2.77. The Kier molecular flexibility index (Phi) is 3.46. The topological polar surface area (TPSA) is 38.3 Å². The van der Waals surface area contributed by atoms with Crippen molar-refractivity contribution < 1.29 is 9.53 Å². The molecule has 1 amide bonds. The molecule has 1 aliphatic heterocycles. The van der Waals surface area contributed by atoms with Crippen molar-refractivity contribution in [2.24, 2.45) is 0 Å². The van der Waals surface area contributed by atoms with Gasteiger partial charge in [-0.1, -0.05) is 54.3 Å². The van der Waals surface area contributed by atoms with Crippen LogP contribution in [0.3, 0.4) is 0 Å². The number of thiocarbonyl (C=S) groups is 1. The standard InChI is InChI=1S/C15H11NO2S2/c1-18-12-7-6-9-4-2-3-5-10(9)11(12)8-13-14(17)16-15(19)20-13/h2-8H,1H3,(H,16,17,19)/b13-8+. The smallest absolute Gasteiger partial charge is 0.263 e.